The van der Waals surface area contributed by atoms with Crippen LogP contribution < -0.4 is 15.0 Å². The van der Waals surface area contributed by atoms with E-state index in [-0.39, 0.29) is 5.57 Å². The first-order valence-electron chi connectivity index (χ1n) is 8.24. The molecule has 0 spiro atoms. The summed E-state index contributed by atoms with van der Waals surface area (Å²) in [4.78, 5) is 26.9. The average Bonchev–Trinajstić information content (AvgIpc) is 2.66. The molecule has 1 aliphatic rings. The number of nitriles is 1. The fourth-order valence-corrected chi connectivity index (χ4v) is 2.64. The molecule has 1 aromatic rings. The van der Waals surface area contributed by atoms with E-state index < -0.39 is 17.9 Å². The molecule has 1 saturated heterocycles. The number of nitrogens with one attached hydrogen (secondary N) is 1. The van der Waals surface area contributed by atoms with Crippen LogP contribution in [0, 0.1) is 11.3 Å². The van der Waals surface area contributed by atoms with E-state index >= 15 is 0 Å². The maximum atomic E-state index is 12.0. The van der Waals surface area contributed by atoms with E-state index in [0.717, 1.165) is 11.4 Å². The number of nitrogens with zero attached hydrogens (tertiary/aromatic N) is 3. The molecule has 1 heterocycles. The summed E-state index contributed by atoms with van der Waals surface area (Å²) < 4.78 is 5.38. The van der Waals surface area contributed by atoms with Crippen LogP contribution in [0.4, 0.5) is 5.69 Å². The van der Waals surface area contributed by atoms with Crippen LogP contribution in [0.1, 0.15) is 6.92 Å². The molecule has 1 aromatic carbocycles. The lowest BCUT2D eigenvalue weighted by molar-refractivity contribution is -0.140. The van der Waals surface area contributed by atoms with E-state index in [0.29, 0.717) is 26.2 Å². The monoisotopic (exact) mass is 358 g/mol. The summed E-state index contributed by atoms with van der Waals surface area (Å²) in [6.07, 6.45) is 1.49. The van der Waals surface area contributed by atoms with Crippen molar-refractivity contribution in [1.29, 1.82) is 5.26 Å². The van der Waals surface area contributed by atoms with Gasteiger partial charge in [0, 0.05) is 32.4 Å². The molecule has 1 atom stereocenters. The molecular formula is C18H22N4O4. The van der Waals surface area contributed by atoms with Crippen molar-refractivity contribution in [1.82, 2.24) is 10.2 Å². The zero-order valence-corrected chi connectivity index (χ0v) is 14.8. The van der Waals surface area contributed by atoms with Crippen LogP contribution in [0.5, 0.6) is 5.75 Å². The maximum Gasteiger partial charge on any atom is 0.325 e. The molecule has 0 radical (unpaired) electrons. The molecule has 1 fully saturated rings. The van der Waals surface area contributed by atoms with Crippen LogP contribution in [-0.2, 0) is 9.59 Å². The van der Waals surface area contributed by atoms with Crippen molar-refractivity contribution in [2.45, 2.75) is 13.0 Å². The lowest BCUT2D eigenvalue weighted by Gasteiger charge is -2.36. The molecule has 0 bridgehead atoms. The Morgan fingerprint density at radius 2 is 1.96 bits per heavy atom. The molecule has 0 saturated carbocycles. The summed E-state index contributed by atoms with van der Waals surface area (Å²) in [5.74, 6) is -1.04. The summed E-state index contributed by atoms with van der Waals surface area (Å²) in [6, 6.07) is 8.54. The lowest BCUT2D eigenvalue weighted by atomic mass is 10.2. The minimum absolute atomic E-state index is 0.108. The maximum absolute atomic E-state index is 12.0. The van der Waals surface area contributed by atoms with Gasteiger partial charge in [0.25, 0.3) is 5.91 Å². The van der Waals surface area contributed by atoms with Crippen LogP contribution in [0.25, 0.3) is 0 Å². The second-order valence-electron chi connectivity index (χ2n) is 5.88. The van der Waals surface area contributed by atoms with E-state index in [9.17, 15) is 14.9 Å². The number of para-hydroxylation sites is 2. The average molecular weight is 358 g/mol. The number of methoxy groups -OCH3 is 1. The first-order valence-corrected chi connectivity index (χ1v) is 8.24. The van der Waals surface area contributed by atoms with Gasteiger partial charge in [-0.25, -0.2) is 0 Å². The fourth-order valence-electron chi connectivity index (χ4n) is 2.64. The van der Waals surface area contributed by atoms with Crippen molar-refractivity contribution in [3.8, 4) is 11.8 Å². The predicted octanol–water partition coefficient (Wildman–Crippen LogP) is 0.814. The van der Waals surface area contributed by atoms with Crippen LogP contribution >= 0.6 is 0 Å². The van der Waals surface area contributed by atoms with Gasteiger partial charge in [0.05, 0.1) is 12.8 Å². The highest BCUT2D eigenvalue weighted by atomic mass is 16.5. The van der Waals surface area contributed by atoms with E-state index in [2.05, 4.69) is 10.2 Å². The van der Waals surface area contributed by atoms with Gasteiger partial charge < -0.3 is 25.0 Å². The highest BCUT2D eigenvalue weighted by Gasteiger charge is 2.21. The second-order valence-corrected chi connectivity index (χ2v) is 5.88. The minimum Gasteiger partial charge on any atom is -0.495 e. The number of aliphatic carboxylic acids is 1. The molecular weight excluding hydrogens is 336 g/mol. The lowest BCUT2D eigenvalue weighted by Crippen LogP contribution is -2.45. The summed E-state index contributed by atoms with van der Waals surface area (Å²) in [5.41, 5.74) is 0.899. The standard InChI is InChI=1S/C18H22N4O4/c1-13(18(24)25)20-17(23)14(11-19)12-21-7-9-22(10-8-21)15-5-3-4-6-16(15)26-2/h3-6,12-13H,7-10H2,1-2H3,(H,20,23)(H,24,25)/b14-12-. The van der Waals surface area contributed by atoms with Gasteiger partial charge in [-0.2, -0.15) is 5.26 Å². The molecule has 1 unspecified atom stereocenters. The molecule has 0 aliphatic carbocycles. The number of anilines is 1. The SMILES string of the molecule is COc1ccccc1N1CCN(/C=C(/C#N)C(=O)NC(C)C(=O)O)CC1. The molecule has 8 nitrogen and oxygen atoms in total. The van der Waals surface area contributed by atoms with Crippen molar-refractivity contribution >= 4 is 17.6 Å². The molecule has 2 N–H and O–H groups in total. The number of piperazine rings is 1. The number of hydrogen-bond donors (Lipinski definition) is 2. The Morgan fingerprint density at radius 3 is 2.54 bits per heavy atom. The third-order valence-electron chi connectivity index (χ3n) is 4.13. The van der Waals surface area contributed by atoms with E-state index in [4.69, 9.17) is 9.84 Å². The smallest absolute Gasteiger partial charge is 0.325 e. The van der Waals surface area contributed by atoms with Crippen molar-refractivity contribution in [2.75, 3.05) is 38.2 Å². The number of carboxylic acids is 1. The van der Waals surface area contributed by atoms with Crippen LogP contribution in [0.15, 0.2) is 36.0 Å². The van der Waals surface area contributed by atoms with Gasteiger partial charge >= 0.3 is 5.97 Å². The number of carboxylic acid groups (broad SMARTS) is 1. The third-order valence-corrected chi connectivity index (χ3v) is 4.13. The van der Waals surface area contributed by atoms with Crippen molar-refractivity contribution < 1.29 is 19.4 Å². The molecule has 138 valence electrons. The molecule has 2 rings (SSSR count). The topological polar surface area (TPSA) is 106 Å². The van der Waals surface area contributed by atoms with E-state index in [1.54, 1.807) is 7.11 Å². The Kier molecular flexibility index (Phi) is 6.44. The molecule has 0 aromatic heterocycles. The molecule has 26 heavy (non-hydrogen) atoms. The Balaban J connectivity index is 2.00. The summed E-state index contributed by atoms with van der Waals surface area (Å²) in [7, 11) is 1.63. The zero-order valence-electron chi connectivity index (χ0n) is 14.8. The Morgan fingerprint density at radius 1 is 1.31 bits per heavy atom. The predicted molar refractivity (Wildman–Crippen MR) is 95.7 cm³/mol. The summed E-state index contributed by atoms with van der Waals surface area (Å²) in [5, 5.41) is 20.3. The number of ether oxygens (including phenoxy) is 1. The zero-order chi connectivity index (χ0) is 19.1. The van der Waals surface area contributed by atoms with Gasteiger partial charge in [0.2, 0.25) is 0 Å². The summed E-state index contributed by atoms with van der Waals surface area (Å²) >= 11 is 0. The van der Waals surface area contributed by atoms with Crippen molar-refractivity contribution in [2.24, 2.45) is 0 Å². The first kappa shape index (κ1) is 19.1. The first-order chi connectivity index (χ1) is 12.5. The Hall–Kier alpha value is -3.21. The number of amides is 1. The quantitative estimate of drug-likeness (QED) is 0.573. The van der Waals surface area contributed by atoms with E-state index in [1.807, 2.05) is 35.2 Å². The number of carbonyl (C=O) groups excluding carboxylic acids is 1. The largest absolute Gasteiger partial charge is 0.495 e. The number of carbonyl (C=O) groups is 2. The highest BCUT2D eigenvalue weighted by Crippen LogP contribution is 2.28. The Bertz CT molecular complexity index is 733. The number of rotatable bonds is 6. The fraction of sp³-hybridized carbons (Fsp3) is 0.389. The summed E-state index contributed by atoms with van der Waals surface area (Å²) in [6.45, 7) is 4.03. The molecule has 1 amide bonds. The van der Waals surface area contributed by atoms with Crippen molar-refractivity contribution in [3.05, 3.63) is 36.0 Å². The van der Waals surface area contributed by atoms with Gasteiger partial charge in [-0.05, 0) is 19.1 Å². The van der Waals surface area contributed by atoms with Crippen LogP contribution in [-0.4, -0.2) is 61.2 Å². The minimum atomic E-state index is -1.15. The van der Waals surface area contributed by atoms with Crippen LogP contribution in [0.3, 0.4) is 0 Å². The van der Waals surface area contributed by atoms with Crippen molar-refractivity contribution in [3.63, 3.8) is 0 Å². The van der Waals surface area contributed by atoms with E-state index in [1.165, 1.54) is 13.1 Å². The van der Waals surface area contributed by atoms with Gasteiger partial charge in [-0.15, -0.1) is 0 Å². The third kappa shape index (κ3) is 4.66. The van der Waals surface area contributed by atoms with Gasteiger partial charge in [-0.1, -0.05) is 12.1 Å². The normalized spacial score (nSPS) is 15.8. The second kappa shape index (κ2) is 8.76. The number of hydrogen-bond acceptors (Lipinski definition) is 6. The Labute approximate surface area is 152 Å². The van der Waals surface area contributed by atoms with Gasteiger partial charge in [0.1, 0.15) is 23.4 Å². The van der Waals surface area contributed by atoms with Crippen LogP contribution in [0.2, 0.25) is 0 Å². The van der Waals surface area contributed by atoms with Gasteiger partial charge in [0.15, 0.2) is 0 Å². The highest BCUT2D eigenvalue weighted by molar-refractivity contribution is 5.99. The molecule has 8 heteroatoms. The molecule has 1 aliphatic heterocycles. The van der Waals surface area contributed by atoms with Gasteiger partial charge in [-0.3, -0.25) is 9.59 Å². The number of benzene rings is 1.